The minimum absolute atomic E-state index is 0.112. The van der Waals surface area contributed by atoms with Gasteiger partial charge >= 0.3 is 0 Å². The number of piperidine rings is 1. The van der Waals surface area contributed by atoms with E-state index in [0.717, 1.165) is 12.8 Å². The van der Waals surface area contributed by atoms with Crippen LogP contribution in [0.2, 0.25) is 0 Å². The Morgan fingerprint density at radius 1 is 1.13 bits per heavy atom. The number of anilines is 1. The molecule has 8 nitrogen and oxygen atoms in total. The van der Waals surface area contributed by atoms with Crippen LogP contribution in [0, 0.1) is 17.2 Å². The summed E-state index contributed by atoms with van der Waals surface area (Å²) in [6, 6.07) is 11.9. The normalized spacial score (nSPS) is 15.4. The first-order valence-corrected chi connectivity index (χ1v) is 14.1. The number of pyridine rings is 2. The second kappa shape index (κ2) is 11.1. The first-order valence-electron chi connectivity index (χ1n) is 12.6. The molecule has 0 aliphatic carbocycles. The second-order valence-electron chi connectivity index (χ2n) is 10.7. The average Bonchev–Trinajstić information content (AvgIpc) is 2.87. The van der Waals surface area contributed by atoms with E-state index < -0.39 is 21.7 Å². The van der Waals surface area contributed by atoms with E-state index in [4.69, 9.17) is 9.72 Å². The molecule has 4 rings (SSSR count). The highest BCUT2D eigenvalue weighted by Crippen LogP contribution is 2.34. The van der Waals surface area contributed by atoms with Crippen LogP contribution in [0.15, 0.2) is 59.8 Å². The fraction of sp³-hybridized carbons (Fsp3) is 0.393. The number of hydrogen-bond donors (Lipinski definition) is 1. The van der Waals surface area contributed by atoms with Gasteiger partial charge in [0.2, 0.25) is 0 Å². The summed E-state index contributed by atoms with van der Waals surface area (Å²) in [6.45, 7) is 10.1. The van der Waals surface area contributed by atoms with Gasteiger partial charge in [0.15, 0.2) is 5.03 Å². The number of halogens is 1. The Labute approximate surface area is 223 Å². The van der Waals surface area contributed by atoms with Gasteiger partial charge in [0.1, 0.15) is 17.4 Å². The quantitative estimate of drug-likeness (QED) is 0.426. The van der Waals surface area contributed by atoms with Crippen molar-refractivity contribution in [2.45, 2.75) is 45.6 Å². The Morgan fingerprint density at radius 3 is 2.53 bits per heavy atom. The number of rotatable bonds is 8. The highest BCUT2D eigenvalue weighted by Gasteiger charge is 2.30. The van der Waals surface area contributed by atoms with Gasteiger partial charge < -0.3 is 9.64 Å². The summed E-state index contributed by atoms with van der Waals surface area (Å²) in [5.74, 6) is -0.266. The third-order valence-corrected chi connectivity index (χ3v) is 7.67. The maximum absolute atomic E-state index is 14.5. The molecule has 0 unspecified atom stereocenters. The molecule has 202 valence electrons. The van der Waals surface area contributed by atoms with E-state index >= 15 is 0 Å². The molecule has 1 aromatic carbocycles. The van der Waals surface area contributed by atoms with E-state index in [2.05, 4.69) is 23.6 Å². The van der Waals surface area contributed by atoms with Crippen molar-refractivity contribution >= 4 is 21.7 Å². The van der Waals surface area contributed by atoms with Crippen LogP contribution in [0.25, 0.3) is 11.3 Å². The van der Waals surface area contributed by atoms with Crippen LogP contribution in [0.3, 0.4) is 0 Å². The molecule has 3 heterocycles. The Morgan fingerprint density at radius 2 is 1.87 bits per heavy atom. The molecular weight excluding hydrogens is 507 g/mol. The largest absolute Gasteiger partial charge is 0.493 e. The van der Waals surface area contributed by atoms with E-state index in [1.807, 2.05) is 18.7 Å². The summed E-state index contributed by atoms with van der Waals surface area (Å²) in [4.78, 5) is 23.8. The molecule has 1 saturated heterocycles. The summed E-state index contributed by atoms with van der Waals surface area (Å²) >= 11 is 0. The van der Waals surface area contributed by atoms with Crippen LogP contribution in [-0.4, -0.2) is 44.0 Å². The summed E-state index contributed by atoms with van der Waals surface area (Å²) in [5, 5.41) is -0.257. The molecule has 10 heteroatoms. The zero-order chi connectivity index (χ0) is 27.5. The molecular formula is C28H33FN4O4S. The van der Waals surface area contributed by atoms with Gasteiger partial charge in [0.05, 0.1) is 17.9 Å². The molecule has 1 amide bonds. The summed E-state index contributed by atoms with van der Waals surface area (Å²) in [7, 11) is -4.18. The van der Waals surface area contributed by atoms with Crippen molar-refractivity contribution in [3.8, 4) is 17.0 Å². The predicted octanol–water partition coefficient (Wildman–Crippen LogP) is 5.06. The third kappa shape index (κ3) is 6.66. The van der Waals surface area contributed by atoms with Crippen molar-refractivity contribution in [1.29, 1.82) is 0 Å². The Kier molecular flexibility index (Phi) is 8.01. The Balaban J connectivity index is 1.71. The van der Waals surface area contributed by atoms with Gasteiger partial charge in [-0.3, -0.25) is 4.79 Å². The molecule has 0 atom stereocenters. The van der Waals surface area contributed by atoms with Crippen molar-refractivity contribution in [3.05, 3.63) is 66.1 Å². The average molecular weight is 541 g/mol. The number of carbonyl (C=O) groups is 1. The van der Waals surface area contributed by atoms with E-state index in [1.165, 1.54) is 36.5 Å². The lowest BCUT2D eigenvalue weighted by atomic mass is 9.82. The molecule has 38 heavy (non-hydrogen) atoms. The lowest BCUT2D eigenvalue weighted by Crippen LogP contribution is -2.39. The maximum atomic E-state index is 14.5. The monoisotopic (exact) mass is 540 g/mol. The molecule has 1 aliphatic heterocycles. The Bertz CT molecular complexity index is 1400. The number of nitrogens with one attached hydrogen (secondary N) is 1. The number of carbonyl (C=O) groups excluding carboxylic acids is 1. The molecule has 1 aliphatic rings. The zero-order valence-corrected chi connectivity index (χ0v) is 22.9. The van der Waals surface area contributed by atoms with E-state index in [1.54, 1.807) is 18.2 Å². The van der Waals surface area contributed by atoms with E-state index in [-0.39, 0.29) is 21.9 Å². The summed E-state index contributed by atoms with van der Waals surface area (Å²) in [5.41, 5.74) is 1.20. The highest BCUT2D eigenvalue weighted by molar-refractivity contribution is 7.90. The van der Waals surface area contributed by atoms with Gasteiger partial charge in [-0.2, -0.15) is 8.42 Å². The third-order valence-electron chi connectivity index (χ3n) is 6.43. The van der Waals surface area contributed by atoms with Gasteiger partial charge in [0, 0.05) is 30.9 Å². The fourth-order valence-corrected chi connectivity index (χ4v) is 5.06. The van der Waals surface area contributed by atoms with Crippen LogP contribution in [-0.2, 0) is 10.0 Å². The smallest absolute Gasteiger partial charge is 0.281 e. The van der Waals surface area contributed by atoms with Crippen molar-refractivity contribution < 1.29 is 22.3 Å². The van der Waals surface area contributed by atoms with Crippen LogP contribution >= 0.6 is 0 Å². The van der Waals surface area contributed by atoms with Crippen LogP contribution < -0.4 is 14.4 Å². The van der Waals surface area contributed by atoms with Crippen molar-refractivity contribution in [2.75, 3.05) is 24.6 Å². The number of sulfonamides is 1. The molecule has 3 aromatic rings. The van der Waals surface area contributed by atoms with Gasteiger partial charge in [-0.25, -0.2) is 19.1 Å². The fourth-order valence-electron chi connectivity index (χ4n) is 4.14. The number of nitrogens with zero attached hydrogens (tertiary/aromatic N) is 3. The number of benzene rings is 1. The van der Waals surface area contributed by atoms with Gasteiger partial charge in [0.25, 0.3) is 15.9 Å². The minimum atomic E-state index is -4.18. The number of hydrogen-bond acceptors (Lipinski definition) is 7. The molecule has 0 saturated carbocycles. The summed E-state index contributed by atoms with van der Waals surface area (Å²) < 4.78 is 47.9. The lowest BCUT2D eigenvalue weighted by molar-refractivity contribution is 0.0981. The second-order valence-corrected chi connectivity index (χ2v) is 12.3. The Hall–Kier alpha value is -3.53. The molecule has 1 fully saturated rings. The maximum Gasteiger partial charge on any atom is 0.281 e. The SMILES string of the molecule is CC(C)COc1cc(F)cc(-c2ccc(C(=O)NS(=O)(=O)c3ccccn3)c(N3CCC(C)(C)CC3)n2)c1. The number of amides is 1. The molecule has 0 spiro atoms. The van der Waals surface area contributed by atoms with Crippen LogP contribution in [0.1, 0.15) is 50.9 Å². The topological polar surface area (TPSA) is 101 Å². The lowest BCUT2D eigenvalue weighted by Gasteiger charge is -2.38. The predicted molar refractivity (Wildman–Crippen MR) is 144 cm³/mol. The molecule has 2 aromatic heterocycles. The number of aromatic nitrogens is 2. The molecule has 0 bridgehead atoms. The zero-order valence-electron chi connectivity index (χ0n) is 22.1. The van der Waals surface area contributed by atoms with Crippen LogP contribution in [0.5, 0.6) is 5.75 Å². The van der Waals surface area contributed by atoms with Gasteiger partial charge in [-0.15, -0.1) is 0 Å². The van der Waals surface area contributed by atoms with Crippen LogP contribution in [0.4, 0.5) is 10.2 Å². The van der Waals surface area contributed by atoms with Gasteiger partial charge in [-0.05, 0) is 60.6 Å². The first kappa shape index (κ1) is 27.5. The summed E-state index contributed by atoms with van der Waals surface area (Å²) in [6.07, 6.45) is 3.09. The van der Waals surface area contributed by atoms with Crippen molar-refractivity contribution in [1.82, 2.24) is 14.7 Å². The highest BCUT2D eigenvalue weighted by atomic mass is 32.2. The van der Waals surface area contributed by atoms with E-state index in [9.17, 15) is 17.6 Å². The minimum Gasteiger partial charge on any atom is -0.493 e. The molecule has 0 radical (unpaired) electrons. The number of ether oxygens (including phenoxy) is 1. The standard InChI is InChI=1S/C28H33FN4O4S/c1-19(2)18-37-22-16-20(15-21(29)17-22)24-9-8-23(26(31-24)33-13-10-28(3,4)11-14-33)27(34)32-38(35,36)25-7-5-6-12-30-25/h5-9,12,15-17,19H,10-11,13-14,18H2,1-4H3,(H,32,34). The first-order chi connectivity index (χ1) is 17.9. The molecule has 1 N–H and O–H groups in total. The van der Waals surface area contributed by atoms with Crippen molar-refractivity contribution in [2.24, 2.45) is 11.3 Å². The van der Waals surface area contributed by atoms with Gasteiger partial charge in [-0.1, -0.05) is 33.8 Å². The van der Waals surface area contributed by atoms with Crippen molar-refractivity contribution in [3.63, 3.8) is 0 Å². The van der Waals surface area contributed by atoms with E-state index in [0.29, 0.717) is 42.5 Å².